The van der Waals surface area contributed by atoms with Gasteiger partial charge in [-0.1, -0.05) is 35.3 Å². The molecule has 0 bridgehead atoms. The van der Waals surface area contributed by atoms with Crippen molar-refractivity contribution >= 4 is 35.0 Å². The molecule has 0 saturated carbocycles. The maximum absolute atomic E-state index is 13.6. The number of amides is 2. The van der Waals surface area contributed by atoms with Gasteiger partial charge in [-0.15, -0.1) is 0 Å². The van der Waals surface area contributed by atoms with Crippen LogP contribution in [-0.2, 0) is 6.18 Å². The summed E-state index contributed by atoms with van der Waals surface area (Å²) in [5, 5.41) is 9.84. The Kier molecular flexibility index (Phi) is 8.09. The number of halogens is 5. The van der Waals surface area contributed by atoms with E-state index in [1.54, 1.807) is 41.3 Å². The van der Waals surface area contributed by atoms with Gasteiger partial charge in [-0.25, -0.2) is 0 Å². The first-order chi connectivity index (χ1) is 18.4. The van der Waals surface area contributed by atoms with E-state index in [1.165, 1.54) is 24.1 Å². The smallest absolute Gasteiger partial charge is 0.419 e. The van der Waals surface area contributed by atoms with Gasteiger partial charge in [-0.05, 0) is 54.1 Å². The molecule has 6 nitrogen and oxygen atoms in total. The summed E-state index contributed by atoms with van der Waals surface area (Å²) in [6.07, 6.45) is -4.72. The second-order valence-corrected chi connectivity index (χ2v) is 9.89. The molecule has 0 spiro atoms. The van der Waals surface area contributed by atoms with Crippen LogP contribution in [0, 0.1) is 11.3 Å². The van der Waals surface area contributed by atoms with Gasteiger partial charge in [0.25, 0.3) is 11.8 Å². The van der Waals surface area contributed by atoms with E-state index in [2.05, 4.69) is 0 Å². The Balaban J connectivity index is 1.70. The molecule has 1 saturated heterocycles. The minimum Gasteiger partial charge on any atom is -0.496 e. The number of likely N-dealkylation sites (tertiary alicyclic amines) is 1. The molecular weight excluding hydrogens is 554 g/mol. The number of carbonyl (C=O) groups excluding carboxylic acids is 2. The highest BCUT2D eigenvalue weighted by Crippen LogP contribution is 2.38. The molecule has 1 fully saturated rings. The maximum Gasteiger partial charge on any atom is 0.419 e. The predicted octanol–water partition coefficient (Wildman–Crippen LogP) is 6.27. The SMILES string of the molecule is COc1ccc(C(=O)N(C)[C@@H]2CN(C(=O)c3cccc(C#N)c3)CC2c2ccc(Cl)c(Cl)c2)cc1C(F)(F)F. The van der Waals surface area contributed by atoms with E-state index in [0.717, 1.165) is 19.2 Å². The van der Waals surface area contributed by atoms with Crippen molar-refractivity contribution in [2.45, 2.75) is 18.1 Å². The summed E-state index contributed by atoms with van der Waals surface area (Å²) >= 11 is 12.3. The van der Waals surface area contributed by atoms with Gasteiger partial charge in [0.1, 0.15) is 5.75 Å². The molecule has 1 unspecified atom stereocenters. The Morgan fingerprint density at radius 1 is 1.03 bits per heavy atom. The molecule has 0 N–H and O–H groups in total. The molecule has 0 aliphatic carbocycles. The van der Waals surface area contributed by atoms with E-state index < -0.39 is 35.4 Å². The number of rotatable bonds is 5. The molecule has 2 amide bonds. The zero-order chi connectivity index (χ0) is 28.5. The van der Waals surface area contributed by atoms with Crippen molar-refractivity contribution < 1.29 is 27.5 Å². The standard InChI is InChI=1S/C28H22Cl2F3N3O3/c1-35(26(37)19-7-9-25(39-2)21(11-19)28(31,32)33)24-15-36(27(38)18-5-3-4-16(10-18)13-34)14-20(24)17-6-8-22(29)23(30)12-17/h3-12,20,24H,14-15H2,1-2H3/t20?,24-/m1/s1. The van der Waals surface area contributed by atoms with Crippen LogP contribution in [0.3, 0.4) is 0 Å². The minimum atomic E-state index is -4.72. The fourth-order valence-corrected chi connectivity index (χ4v) is 5.04. The summed E-state index contributed by atoms with van der Waals surface area (Å²) in [6.45, 7) is 0.303. The molecule has 1 aliphatic heterocycles. The Morgan fingerprint density at radius 3 is 2.41 bits per heavy atom. The molecule has 2 atom stereocenters. The Bertz CT molecular complexity index is 1470. The van der Waals surface area contributed by atoms with Crippen molar-refractivity contribution in [3.8, 4) is 11.8 Å². The predicted molar refractivity (Wildman–Crippen MR) is 140 cm³/mol. The summed E-state index contributed by atoms with van der Waals surface area (Å²) in [6, 6.07) is 15.8. The Hall–Kier alpha value is -3.74. The van der Waals surface area contributed by atoms with Gasteiger partial charge in [0.2, 0.25) is 0 Å². The highest BCUT2D eigenvalue weighted by molar-refractivity contribution is 6.42. The molecule has 11 heteroatoms. The first-order valence-electron chi connectivity index (χ1n) is 11.7. The zero-order valence-corrected chi connectivity index (χ0v) is 22.3. The number of alkyl halides is 3. The average Bonchev–Trinajstić information content (AvgIpc) is 3.38. The lowest BCUT2D eigenvalue weighted by molar-refractivity contribution is -0.138. The van der Waals surface area contributed by atoms with Crippen LogP contribution in [0.15, 0.2) is 60.7 Å². The molecule has 1 heterocycles. The van der Waals surface area contributed by atoms with Crippen LogP contribution in [0.1, 0.15) is 43.3 Å². The second kappa shape index (κ2) is 11.2. The second-order valence-electron chi connectivity index (χ2n) is 9.08. The number of hydrogen-bond donors (Lipinski definition) is 0. The minimum absolute atomic E-state index is 0.102. The first-order valence-corrected chi connectivity index (χ1v) is 12.5. The molecule has 1 aliphatic rings. The fourth-order valence-electron chi connectivity index (χ4n) is 4.74. The third-order valence-electron chi connectivity index (χ3n) is 6.76. The third-order valence-corrected chi connectivity index (χ3v) is 7.50. The van der Waals surface area contributed by atoms with E-state index >= 15 is 0 Å². The number of likely N-dealkylation sites (N-methyl/N-ethyl adjacent to an activating group) is 1. The van der Waals surface area contributed by atoms with Crippen molar-refractivity contribution in [2.24, 2.45) is 0 Å². The van der Waals surface area contributed by atoms with Gasteiger partial charge in [0.05, 0.1) is 40.4 Å². The molecule has 3 aromatic rings. The van der Waals surface area contributed by atoms with E-state index in [-0.39, 0.29) is 24.6 Å². The molecule has 202 valence electrons. The van der Waals surface area contributed by atoms with E-state index in [4.69, 9.17) is 27.9 Å². The summed E-state index contributed by atoms with van der Waals surface area (Å²) in [5.74, 6) is -1.81. The van der Waals surface area contributed by atoms with Crippen LogP contribution < -0.4 is 4.74 Å². The van der Waals surface area contributed by atoms with Crippen LogP contribution in [0.25, 0.3) is 0 Å². The monoisotopic (exact) mass is 575 g/mol. The highest BCUT2D eigenvalue weighted by Gasteiger charge is 2.41. The maximum atomic E-state index is 13.6. The molecule has 0 radical (unpaired) electrons. The summed E-state index contributed by atoms with van der Waals surface area (Å²) < 4.78 is 45.6. The van der Waals surface area contributed by atoms with Gasteiger partial charge >= 0.3 is 6.18 Å². The highest BCUT2D eigenvalue weighted by atomic mass is 35.5. The van der Waals surface area contributed by atoms with Crippen molar-refractivity contribution in [1.29, 1.82) is 5.26 Å². The lowest BCUT2D eigenvalue weighted by atomic mass is 9.93. The summed E-state index contributed by atoms with van der Waals surface area (Å²) in [7, 11) is 2.61. The molecule has 3 aromatic carbocycles. The fraction of sp³-hybridized carbons (Fsp3) is 0.250. The molecule has 4 rings (SSSR count). The normalized spacial score (nSPS) is 17.0. The van der Waals surface area contributed by atoms with Crippen LogP contribution in [0.4, 0.5) is 13.2 Å². The lowest BCUT2D eigenvalue weighted by Crippen LogP contribution is -2.42. The van der Waals surface area contributed by atoms with Crippen LogP contribution in [0.2, 0.25) is 10.0 Å². The Labute approximate surface area is 233 Å². The number of carbonyl (C=O) groups is 2. The van der Waals surface area contributed by atoms with Gasteiger partial charge in [0.15, 0.2) is 0 Å². The van der Waals surface area contributed by atoms with Crippen molar-refractivity contribution in [2.75, 3.05) is 27.2 Å². The number of ether oxygens (including phenoxy) is 1. The van der Waals surface area contributed by atoms with E-state index in [0.29, 0.717) is 26.7 Å². The number of methoxy groups -OCH3 is 1. The van der Waals surface area contributed by atoms with Gasteiger partial charge in [-0.2, -0.15) is 18.4 Å². The van der Waals surface area contributed by atoms with E-state index in [9.17, 15) is 28.0 Å². The van der Waals surface area contributed by atoms with Crippen molar-refractivity contribution in [3.63, 3.8) is 0 Å². The summed E-state index contributed by atoms with van der Waals surface area (Å²) in [4.78, 5) is 29.7. The quantitative estimate of drug-likeness (QED) is 0.359. The Morgan fingerprint density at radius 2 is 1.77 bits per heavy atom. The molecular formula is C28H22Cl2F3N3O3. The first kappa shape index (κ1) is 28.3. The van der Waals surface area contributed by atoms with Gasteiger partial charge < -0.3 is 14.5 Å². The largest absolute Gasteiger partial charge is 0.496 e. The van der Waals surface area contributed by atoms with Gasteiger partial charge in [-0.3, -0.25) is 9.59 Å². The topological polar surface area (TPSA) is 73.6 Å². The average molecular weight is 576 g/mol. The zero-order valence-electron chi connectivity index (χ0n) is 20.8. The number of nitriles is 1. The molecule has 39 heavy (non-hydrogen) atoms. The number of benzene rings is 3. The third kappa shape index (κ3) is 5.82. The lowest BCUT2D eigenvalue weighted by Gasteiger charge is -2.29. The van der Waals surface area contributed by atoms with Crippen LogP contribution in [-0.4, -0.2) is 54.9 Å². The summed E-state index contributed by atoms with van der Waals surface area (Å²) in [5.41, 5.74) is 0.100. The van der Waals surface area contributed by atoms with Gasteiger partial charge in [0, 0.05) is 37.2 Å². The van der Waals surface area contributed by atoms with Crippen LogP contribution in [0.5, 0.6) is 5.75 Å². The van der Waals surface area contributed by atoms with E-state index in [1.807, 2.05) is 6.07 Å². The number of hydrogen-bond acceptors (Lipinski definition) is 4. The van der Waals surface area contributed by atoms with Crippen molar-refractivity contribution in [1.82, 2.24) is 9.80 Å². The number of nitrogens with zero attached hydrogens (tertiary/aromatic N) is 3. The van der Waals surface area contributed by atoms with Crippen molar-refractivity contribution in [3.05, 3.63) is 98.5 Å². The van der Waals surface area contributed by atoms with Crippen LogP contribution >= 0.6 is 23.2 Å². The molecule has 0 aromatic heterocycles.